The van der Waals surface area contributed by atoms with Crippen LogP contribution in [-0.4, -0.2) is 27.4 Å². The predicted molar refractivity (Wildman–Crippen MR) is 128 cm³/mol. The third-order valence-electron chi connectivity index (χ3n) is 5.26. The summed E-state index contributed by atoms with van der Waals surface area (Å²) in [5, 5.41) is 4.96. The molecule has 0 atom stereocenters. The first kappa shape index (κ1) is 22.6. The van der Waals surface area contributed by atoms with E-state index < -0.39 is 11.8 Å². The van der Waals surface area contributed by atoms with Crippen LogP contribution < -0.4 is 16.4 Å². The van der Waals surface area contributed by atoms with E-state index in [9.17, 15) is 19.2 Å². The van der Waals surface area contributed by atoms with Gasteiger partial charge in [0.1, 0.15) is 0 Å². The molecular formula is C26H22N4O4. The van der Waals surface area contributed by atoms with Gasteiger partial charge in [-0.05, 0) is 18.6 Å². The van der Waals surface area contributed by atoms with Gasteiger partial charge in [-0.2, -0.15) is 5.10 Å². The van der Waals surface area contributed by atoms with Gasteiger partial charge in [0.25, 0.3) is 17.4 Å². The summed E-state index contributed by atoms with van der Waals surface area (Å²) in [6.45, 7) is 2.25. The van der Waals surface area contributed by atoms with Crippen LogP contribution in [0.25, 0.3) is 10.8 Å². The van der Waals surface area contributed by atoms with Crippen molar-refractivity contribution in [1.29, 1.82) is 0 Å². The highest BCUT2D eigenvalue weighted by atomic mass is 16.2. The lowest BCUT2D eigenvalue weighted by molar-refractivity contribution is 0.0842. The third-order valence-corrected chi connectivity index (χ3v) is 5.26. The number of hydrogen-bond donors (Lipinski definition) is 2. The Bertz CT molecular complexity index is 1440. The van der Waals surface area contributed by atoms with E-state index in [2.05, 4.69) is 16.0 Å². The molecule has 0 spiro atoms. The van der Waals surface area contributed by atoms with Gasteiger partial charge in [0, 0.05) is 23.1 Å². The highest BCUT2D eigenvalue weighted by Crippen LogP contribution is 2.15. The van der Waals surface area contributed by atoms with Crippen molar-refractivity contribution in [3.8, 4) is 0 Å². The van der Waals surface area contributed by atoms with Crippen molar-refractivity contribution in [2.24, 2.45) is 0 Å². The Hall–Kier alpha value is -4.59. The minimum atomic E-state index is -0.679. The predicted octanol–water partition coefficient (Wildman–Crippen LogP) is 3.11. The molecule has 170 valence electrons. The first-order chi connectivity index (χ1) is 16.5. The van der Waals surface area contributed by atoms with Crippen molar-refractivity contribution in [3.63, 3.8) is 0 Å². The molecule has 34 heavy (non-hydrogen) atoms. The number of benzene rings is 3. The molecule has 1 aromatic heterocycles. The molecule has 4 rings (SSSR count). The lowest BCUT2D eigenvalue weighted by Crippen LogP contribution is -2.43. The van der Waals surface area contributed by atoms with E-state index in [1.807, 2.05) is 6.92 Å². The minimum absolute atomic E-state index is 0.0117. The van der Waals surface area contributed by atoms with Crippen LogP contribution in [0, 0.1) is 0 Å². The van der Waals surface area contributed by atoms with E-state index in [4.69, 9.17) is 0 Å². The fraction of sp³-hybridized carbons (Fsp3) is 0.115. The largest absolute Gasteiger partial charge is 0.290 e. The van der Waals surface area contributed by atoms with Crippen molar-refractivity contribution < 1.29 is 14.4 Å². The van der Waals surface area contributed by atoms with Crippen molar-refractivity contribution in [3.05, 3.63) is 112 Å². The zero-order chi connectivity index (χ0) is 24.1. The number of nitrogens with zero attached hydrogens (tertiary/aromatic N) is 2. The van der Waals surface area contributed by atoms with Gasteiger partial charge in [-0.1, -0.05) is 73.7 Å². The summed E-state index contributed by atoms with van der Waals surface area (Å²) < 4.78 is 1.24. The van der Waals surface area contributed by atoms with Gasteiger partial charge >= 0.3 is 0 Å². The molecule has 0 radical (unpaired) electrons. The van der Waals surface area contributed by atoms with Crippen LogP contribution in [0.2, 0.25) is 0 Å². The average molecular weight is 454 g/mol. The molecule has 0 saturated carbocycles. The summed E-state index contributed by atoms with van der Waals surface area (Å²) in [7, 11) is 0. The highest BCUT2D eigenvalue weighted by molar-refractivity contribution is 6.15. The summed E-state index contributed by atoms with van der Waals surface area (Å²) in [5.41, 5.74) is 5.21. The number of rotatable bonds is 6. The SMILES string of the molecule is CCCn1nc(C(=O)NNC(=O)c2ccccc2C(=O)c2ccccc2)c2ccccc2c1=O. The highest BCUT2D eigenvalue weighted by Gasteiger charge is 2.20. The fourth-order valence-electron chi connectivity index (χ4n) is 3.63. The molecule has 8 nitrogen and oxygen atoms in total. The van der Waals surface area contributed by atoms with Crippen LogP contribution in [0.1, 0.15) is 50.1 Å². The lowest BCUT2D eigenvalue weighted by atomic mass is 9.98. The fourth-order valence-corrected chi connectivity index (χ4v) is 3.63. The number of carbonyl (C=O) groups excluding carboxylic acids is 3. The molecule has 0 saturated heterocycles. The second kappa shape index (κ2) is 9.91. The molecule has 0 aliphatic heterocycles. The summed E-state index contributed by atoms with van der Waals surface area (Å²) >= 11 is 0. The van der Waals surface area contributed by atoms with Crippen molar-refractivity contribution in [1.82, 2.24) is 20.6 Å². The molecule has 0 aliphatic rings. The Morgan fingerprint density at radius 2 is 1.35 bits per heavy atom. The van der Waals surface area contributed by atoms with Crippen LogP contribution in [0.3, 0.4) is 0 Å². The van der Waals surface area contributed by atoms with Crippen molar-refractivity contribution in [2.45, 2.75) is 19.9 Å². The Balaban J connectivity index is 1.59. The molecule has 0 unspecified atom stereocenters. The molecule has 0 fully saturated rings. The van der Waals surface area contributed by atoms with Gasteiger partial charge in [0.2, 0.25) is 0 Å². The number of hydrogen-bond acceptors (Lipinski definition) is 5. The van der Waals surface area contributed by atoms with E-state index in [1.54, 1.807) is 72.8 Å². The van der Waals surface area contributed by atoms with E-state index in [0.29, 0.717) is 29.3 Å². The van der Waals surface area contributed by atoms with Crippen LogP contribution in [0.15, 0.2) is 83.7 Å². The van der Waals surface area contributed by atoms with E-state index in [0.717, 1.165) is 0 Å². The standard InChI is InChI=1S/C26H22N4O4/c1-2-16-30-26(34)21-15-9-6-12-18(21)22(29-30)25(33)28-27-24(32)20-14-8-7-13-19(20)23(31)17-10-4-3-5-11-17/h3-15H,2,16H2,1H3,(H,27,32)(H,28,33). The van der Waals surface area contributed by atoms with Crippen LogP contribution >= 0.6 is 0 Å². The van der Waals surface area contributed by atoms with E-state index in [1.165, 1.54) is 10.7 Å². The number of ketones is 1. The maximum absolute atomic E-state index is 12.9. The maximum atomic E-state index is 12.9. The molecule has 0 aliphatic carbocycles. The summed E-state index contributed by atoms with van der Waals surface area (Å²) in [4.78, 5) is 51.3. The van der Waals surface area contributed by atoms with Crippen molar-refractivity contribution in [2.75, 3.05) is 0 Å². The topological polar surface area (TPSA) is 110 Å². The Morgan fingerprint density at radius 1 is 0.765 bits per heavy atom. The van der Waals surface area contributed by atoms with Crippen molar-refractivity contribution >= 4 is 28.4 Å². The van der Waals surface area contributed by atoms with Gasteiger partial charge in [-0.25, -0.2) is 4.68 Å². The second-order valence-corrected chi connectivity index (χ2v) is 7.57. The van der Waals surface area contributed by atoms with Gasteiger partial charge in [0.15, 0.2) is 11.5 Å². The van der Waals surface area contributed by atoms with Crippen LogP contribution in [-0.2, 0) is 6.54 Å². The molecule has 0 bridgehead atoms. The molecule has 1 heterocycles. The van der Waals surface area contributed by atoms with Gasteiger partial charge in [-0.15, -0.1) is 0 Å². The quantitative estimate of drug-likeness (QED) is 0.344. The number of hydrazine groups is 1. The molecular weight excluding hydrogens is 432 g/mol. The normalized spacial score (nSPS) is 10.6. The Kier molecular flexibility index (Phi) is 6.59. The lowest BCUT2D eigenvalue weighted by Gasteiger charge is -2.12. The van der Waals surface area contributed by atoms with Gasteiger partial charge in [0.05, 0.1) is 10.9 Å². The molecule has 4 aromatic rings. The average Bonchev–Trinajstić information content (AvgIpc) is 2.89. The smallest absolute Gasteiger partial charge is 0.289 e. The summed E-state index contributed by atoms with van der Waals surface area (Å²) in [6, 6.07) is 21.7. The summed E-state index contributed by atoms with van der Waals surface area (Å²) in [6.07, 6.45) is 0.662. The van der Waals surface area contributed by atoms with E-state index >= 15 is 0 Å². The molecule has 3 aromatic carbocycles. The zero-order valence-corrected chi connectivity index (χ0v) is 18.4. The zero-order valence-electron chi connectivity index (χ0n) is 18.4. The number of carbonyl (C=O) groups is 3. The molecule has 2 N–H and O–H groups in total. The first-order valence-electron chi connectivity index (χ1n) is 10.8. The van der Waals surface area contributed by atoms with Gasteiger partial charge < -0.3 is 0 Å². The minimum Gasteiger partial charge on any atom is -0.289 e. The first-order valence-corrected chi connectivity index (χ1v) is 10.8. The Labute approximate surface area is 195 Å². The Morgan fingerprint density at radius 3 is 2.06 bits per heavy atom. The van der Waals surface area contributed by atoms with Crippen LogP contribution in [0.4, 0.5) is 0 Å². The third kappa shape index (κ3) is 4.47. The number of aromatic nitrogens is 2. The number of aryl methyl sites for hydroxylation is 1. The summed E-state index contributed by atoms with van der Waals surface area (Å²) in [5.74, 6) is -1.64. The number of nitrogens with one attached hydrogen (secondary N) is 2. The molecule has 2 amide bonds. The van der Waals surface area contributed by atoms with Gasteiger partial charge in [-0.3, -0.25) is 30.0 Å². The van der Waals surface area contributed by atoms with Crippen LogP contribution in [0.5, 0.6) is 0 Å². The maximum Gasteiger partial charge on any atom is 0.290 e. The monoisotopic (exact) mass is 454 g/mol. The number of fused-ring (bicyclic) bond motifs is 1. The number of amides is 2. The molecule has 8 heteroatoms. The van der Waals surface area contributed by atoms with E-state index in [-0.39, 0.29) is 28.2 Å². The second-order valence-electron chi connectivity index (χ2n) is 7.57.